The van der Waals surface area contributed by atoms with Gasteiger partial charge in [-0.05, 0) is 45.9 Å². The third-order valence-electron chi connectivity index (χ3n) is 2.14. The van der Waals surface area contributed by atoms with E-state index in [1.54, 1.807) is 0 Å². The fraction of sp³-hybridized carbons (Fsp3) is 0. The normalized spacial score (nSPS) is 10.7. The Morgan fingerprint density at radius 3 is 1.80 bits per heavy atom. The van der Waals surface area contributed by atoms with Gasteiger partial charge in [0.2, 0.25) is 0 Å². The van der Waals surface area contributed by atoms with Gasteiger partial charge < -0.3 is 0 Å². The number of hydrogen-bond donors (Lipinski definition) is 0. The van der Waals surface area contributed by atoms with E-state index in [1.807, 2.05) is 18.2 Å². The maximum atomic E-state index is 2.31. The molecule has 2 aromatic rings. The van der Waals surface area contributed by atoms with Crippen molar-refractivity contribution in [1.82, 2.24) is 0 Å². The third kappa shape index (κ3) is 3.20. The lowest BCUT2D eigenvalue weighted by molar-refractivity contribution is 1.61. The van der Waals surface area contributed by atoms with E-state index in [0.717, 1.165) is 0 Å². The maximum absolute atomic E-state index is 2.31. The van der Waals surface area contributed by atoms with Crippen LogP contribution in [0.15, 0.2) is 54.6 Å². The first-order valence-electron chi connectivity index (χ1n) is 4.83. The predicted molar refractivity (Wildman–Crippen MR) is 74.5 cm³/mol. The molecule has 0 bridgehead atoms. The highest BCUT2D eigenvalue weighted by atomic mass is 127. The molecule has 0 aliphatic heterocycles. The van der Waals surface area contributed by atoms with Crippen LogP contribution in [0.25, 0.3) is 12.2 Å². The third-order valence-corrected chi connectivity index (χ3v) is 2.86. The van der Waals surface area contributed by atoms with Crippen molar-refractivity contribution in [3.05, 3.63) is 69.3 Å². The standard InChI is InChI=1S/C14H11I/c15-14-10-8-13(9-11-14)7-6-12-4-2-1-3-5-12/h1-11H/b7-6+. The Balaban J connectivity index is 2.15. The molecule has 0 fully saturated rings. The Kier molecular flexibility index (Phi) is 3.56. The van der Waals surface area contributed by atoms with Gasteiger partial charge in [-0.25, -0.2) is 0 Å². The van der Waals surface area contributed by atoms with E-state index in [2.05, 4.69) is 71.1 Å². The maximum Gasteiger partial charge on any atom is 0.0130 e. The molecular formula is C14H11I. The number of benzene rings is 2. The topological polar surface area (TPSA) is 0 Å². The van der Waals surface area contributed by atoms with E-state index in [1.165, 1.54) is 14.7 Å². The summed E-state index contributed by atoms with van der Waals surface area (Å²) < 4.78 is 1.27. The molecule has 0 aromatic heterocycles. The summed E-state index contributed by atoms with van der Waals surface area (Å²) in [5, 5.41) is 0. The second-order valence-electron chi connectivity index (χ2n) is 3.30. The largest absolute Gasteiger partial charge is 0.0622 e. The summed E-state index contributed by atoms with van der Waals surface area (Å²) in [4.78, 5) is 0. The van der Waals surface area contributed by atoms with Gasteiger partial charge in [-0.1, -0.05) is 54.6 Å². The van der Waals surface area contributed by atoms with Crippen LogP contribution in [0.5, 0.6) is 0 Å². The van der Waals surface area contributed by atoms with Crippen molar-refractivity contribution in [3.8, 4) is 0 Å². The highest BCUT2D eigenvalue weighted by molar-refractivity contribution is 14.1. The van der Waals surface area contributed by atoms with Gasteiger partial charge in [0.15, 0.2) is 0 Å². The van der Waals surface area contributed by atoms with Crippen LogP contribution in [0.3, 0.4) is 0 Å². The fourth-order valence-electron chi connectivity index (χ4n) is 1.33. The van der Waals surface area contributed by atoms with E-state index in [-0.39, 0.29) is 0 Å². The van der Waals surface area contributed by atoms with E-state index >= 15 is 0 Å². The average molecular weight is 306 g/mol. The van der Waals surface area contributed by atoms with Crippen molar-refractivity contribution in [2.75, 3.05) is 0 Å². The van der Waals surface area contributed by atoms with Gasteiger partial charge in [-0.15, -0.1) is 0 Å². The lowest BCUT2D eigenvalue weighted by Gasteiger charge is -1.94. The minimum Gasteiger partial charge on any atom is -0.0622 e. The molecule has 0 heterocycles. The van der Waals surface area contributed by atoms with Crippen molar-refractivity contribution < 1.29 is 0 Å². The molecule has 0 aliphatic carbocycles. The molecule has 0 spiro atoms. The zero-order valence-electron chi connectivity index (χ0n) is 8.23. The van der Waals surface area contributed by atoms with Crippen molar-refractivity contribution in [2.45, 2.75) is 0 Å². The van der Waals surface area contributed by atoms with Crippen LogP contribution in [0.4, 0.5) is 0 Å². The summed E-state index contributed by atoms with van der Waals surface area (Å²) in [6.07, 6.45) is 4.26. The molecule has 1 heteroatoms. The van der Waals surface area contributed by atoms with E-state index < -0.39 is 0 Å². The second kappa shape index (κ2) is 5.12. The summed E-state index contributed by atoms with van der Waals surface area (Å²) in [7, 11) is 0. The second-order valence-corrected chi connectivity index (χ2v) is 4.54. The van der Waals surface area contributed by atoms with Gasteiger partial charge in [0.05, 0.1) is 0 Å². The molecule has 0 nitrogen and oxygen atoms in total. The highest BCUT2D eigenvalue weighted by Gasteiger charge is 1.87. The van der Waals surface area contributed by atoms with Crippen LogP contribution in [0, 0.1) is 3.57 Å². The first kappa shape index (κ1) is 10.4. The molecule has 2 aromatic carbocycles. The predicted octanol–water partition coefficient (Wildman–Crippen LogP) is 4.46. The smallest absolute Gasteiger partial charge is 0.0130 e. The van der Waals surface area contributed by atoms with Crippen molar-refractivity contribution in [2.24, 2.45) is 0 Å². The van der Waals surface area contributed by atoms with Crippen LogP contribution in [0.2, 0.25) is 0 Å². The van der Waals surface area contributed by atoms with Crippen molar-refractivity contribution in [3.63, 3.8) is 0 Å². The van der Waals surface area contributed by atoms with Crippen LogP contribution in [-0.4, -0.2) is 0 Å². The minimum atomic E-state index is 1.23. The zero-order valence-corrected chi connectivity index (χ0v) is 10.4. The molecule has 0 saturated heterocycles. The quantitative estimate of drug-likeness (QED) is 0.567. The molecule has 0 aliphatic rings. The average Bonchev–Trinajstić information content (AvgIpc) is 2.30. The molecular weight excluding hydrogens is 295 g/mol. The van der Waals surface area contributed by atoms with E-state index in [4.69, 9.17) is 0 Å². The Labute approximate surface area is 104 Å². The number of halogens is 1. The molecule has 74 valence electrons. The Morgan fingerprint density at radius 1 is 0.667 bits per heavy atom. The molecule has 15 heavy (non-hydrogen) atoms. The number of rotatable bonds is 2. The molecule has 0 amide bonds. The monoisotopic (exact) mass is 306 g/mol. The van der Waals surface area contributed by atoms with Gasteiger partial charge in [-0.2, -0.15) is 0 Å². The fourth-order valence-corrected chi connectivity index (χ4v) is 1.69. The van der Waals surface area contributed by atoms with Crippen LogP contribution in [0.1, 0.15) is 11.1 Å². The summed E-state index contributed by atoms with van der Waals surface area (Å²) >= 11 is 2.31. The van der Waals surface area contributed by atoms with Crippen LogP contribution < -0.4 is 0 Å². The van der Waals surface area contributed by atoms with Crippen molar-refractivity contribution >= 4 is 34.7 Å². The molecule has 0 radical (unpaired) electrons. The zero-order chi connectivity index (χ0) is 10.5. The SMILES string of the molecule is Ic1ccc(/C=C/c2ccccc2)cc1. The molecule has 0 atom stereocenters. The van der Waals surface area contributed by atoms with Crippen molar-refractivity contribution in [1.29, 1.82) is 0 Å². The van der Waals surface area contributed by atoms with Gasteiger partial charge >= 0.3 is 0 Å². The lowest BCUT2D eigenvalue weighted by Crippen LogP contribution is -1.73. The van der Waals surface area contributed by atoms with Gasteiger partial charge in [0.1, 0.15) is 0 Å². The Bertz CT molecular complexity index is 441. The molecule has 0 unspecified atom stereocenters. The summed E-state index contributed by atoms with van der Waals surface area (Å²) in [6.45, 7) is 0. The first-order chi connectivity index (χ1) is 7.34. The highest BCUT2D eigenvalue weighted by Crippen LogP contribution is 2.10. The Morgan fingerprint density at radius 2 is 1.20 bits per heavy atom. The Hall–Kier alpha value is -1.09. The summed E-state index contributed by atoms with van der Waals surface area (Å²) in [5.74, 6) is 0. The summed E-state index contributed by atoms with van der Waals surface area (Å²) in [5.41, 5.74) is 2.47. The van der Waals surface area contributed by atoms with Crippen LogP contribution in [-0.2, 0) is 0 Å². The lowest BCUT2D eigenvalue weighted by atomic mass is 10.1. The van der Waals surface area contributed by atoms with E-state index in [9.17, 15) is 0 Å². The number of hydrogen-bond acceptors (Lipinski definition) is 0. The molecule has 0 saturated carbocycles. The van der Waals surface area contributed by atoms with Gasteiger partial charge in [0.25, 0.3) is 0 Å². The summed E-state index contributed by atoms with van der Waals surface area (Å²) in [6, 6.07) is 18.8. The van der Waals surface area contributed by atoms with Crippen LogP contribution >= 0.6 is 22.6 Å². The van der Waals surface area contributed by atoms with Gasteiger partial charge in [0, 0.05) is 3.57 Å². The minimum absolute atomic E-state index is 1.23. The van der Waals surface area contributed by atoms with Gasteiger partial charge in [-0.3, -0.25) is 0 Å². The first-order valence-corrected chi connectivity index (χ1v) is 5.91. The molecule has 2 rings (SSSR count). The molecule has 0 N–H and O–H groups in total. The van der Waals surface area contributed by atoms with E-state index in [0.29, 0.717) is 0 Å².